The van der Waals surface area contributed by atoms with Crippen LogP contribution in [0.4, 0.5) is 0 Å². The van der Waals surface area contributed by atoms with E-state index in [-0.39, 0.29) is 13.2 Å². The molecule has 2 rings (SSSR count). The Labute approximate surface area is 110 Å². The normalized spacial score (nSPS) is 14.2. The van der Waals surface area contributed by atoms with Gasteiger partial charge in [0.25, 0.3) is 0 Å². The molecular formula is C13H14N2O4. The molecule has 1 heterocycles. The van der Waals surface area contributed by atoms with Crippen LogP contribution in [0.1, 0.15) is 18.0 Å². The zero-order chi connectivity index (χ0) is 13.8. The van der Waals surface area contributed by atoms with Crippen LogP contribution in [0.15, 0.2) is 18.2 Å². The predicted octanol–water partition coefficient (Wildman–Crippen LogP) is 1.39. The molecular weight excluding hydrogens is 248 g/mol. The van der Waals surface area contributed by atoms with Gasteiger partial charge < -0.3 is 14.6 Å². The van der Waals surface area contributed by atoms with Crippen molar-refractivity contribution in [3.05, 3.63) is 23.8 Å². The average Bonchev–Trinajstić information content (AvgIpc) is 2.84. The lowest BCUT2D eigenvalue weighted by Gasteiger charge is -2.22. The topological polar surface area (TPSA) is 82.8 Å². The van der Waals surface area contributed by atoms with Gasteiger partial charge in [-0.1, -0.05) is 6.07 Å². The number of ether oxygens (including phenoxy) is 2. The highest BCUT2D eigenvalue weighted by atomic mass is 16.7. The third-order valence-electron chi connectivity index (χ3n) is 2.95. The number of hydrogen-bond donors (Lipinski definition) is 1. The van der Waals surface area contributed by atoms with Gasteiger partial charge in [0, 0.05) is 6.54 Å². The van der Waals surface area contributed by atoms with Crippen molar-refractivity contribution >= 4 is 5.97 Å². The van der Waals surface area contributed by atoms with E-state index < -0.39 is 12.0 Å². The minimum Gasteiger partial charge on any atom is -0.481 e. The second kappa shape index (κ2) is 5.59. The van der Waals surface area contributed by atoms with E-state index in [0.29, 0.717) is 18.0 Å². The van der Waals surface area contributed by atoms with Gasteiger partial charge in [-0.2, -0.15) is 5.26 Å². The molecule has 1 aromatic carbocycles. The van der Waals surface area contributed by atoms with Crippen molar-refractivity contribution in [2.75, 3.05) is 20.4 Å². The summed E-state index contributed by atoms with van der Waals surface area (Å²) in [5, 5.41) is 17.9. The third kappa shape index (κ3) is 2.95. The largest absolute Gasteiger partial charge is 0.481 e. The SMILES string of the molecule is CN(CCC(=O)O)C(C#N)c1ccc2c(c1)OCO2. The lowest BCUT2D eigenvalue weighted by Crippen LogP contribution is -2.26. The zero-order valence-corrected chi connectivity index (χ0v) is 10.5. The quantitative estimate of drug-likeness (QED) is 0.863. The van der Waals surface area contributed by atoms with Crippen molar-refractivity contribution in [1.82, 2.24) is 4.90 Å². The fourth-order valence-corrected chi connectivity index (χ4v) is 1.91. The number of rotatable bonds is 5. The number of aliphatic carboxylic acids is 1. The van der Waals surface area contributed by atoms with Gasteiger partial charge in [-0.15, -0.1) is 0 Å². The zero-order valence-electron chi connectivity index (χ0n) is 10.5. The highest BCUT2D eigenvalue weighted by molar-refractivity contribution is 5.66. The van der Waals surface area contributed by atoms with Crippen molar-refractivity contribution < 1.29 is 19.4 Å². The smallest absolute Gasteiger partial charge is 0.304 e. The minimum absolute atomic E-state index is 0.000762. The van der Waals surface area contributed by atoms with Gasteiger partial charge in [-0.25, -0.2) is 0 Å². The number of nitrogens with zero attached hydrogens (tertiary/aromatic N) is 2. The van der Waals surface area contributed by atoms with Crippen molar-refractivity contribution in [3.63, 3.8) is 0 Å². The fourth-order valence-electron chi connectivity index (χ4n) is 1.91. The average molecular weight is 262 g/mol. The molecule has 0 saturated carbocycles. The molecule has 1 atom stereocenters. The van der Waals surface area contributed by atoms with Crippen LogP contribution in [0.5, 0.6) is 11.5 Å². The van der Waals surface area contributed by atoms with Gasteiger partial charge in [0.1, 0.15) is 6.04 Å². The Kier molecular flexibility index (Phi) is 3.88. The maximum atomic E-state index is 10.6. The first-order valence-electron chi connectivity index (χ1n) is 5.83. The molecule has 0 saturated heterocycles. The van der Waals surface area contributed by atoms with E-state index in [4.69, 9.17) is 14.6 Å². The summed E-state index contributed by atoms with van der Waals surface area (Å²) in [6, 6.07) is 6.97. The van der Waals surface area contributed by atoms with Crippen LogP contribution in [0.2, 0.25) is 0 Å². The van der Waals surface area contributed by atoms with Crippen molar-refractivity contribution in [1.29, 1.82) is 5.26 Å². The number of fused-ring (bicyclic) bond motifs is 1. The first-order valence-corrected chi connectivity index (χ1v) is 5.83. The number of carbonyl (C=O) groups is 1. The first kappa shape index (κ1) is 13.2. The van der Waals surface area contributed by atoms with E-state index in [1.165, 1.54) is 0 Å². The minimum atomic E-state index is -0.880. The van der Waals surface area contributed by atoms with E-state index in [2.05, 4.69) is 6.07 Å². The third-order valence-corrected chi connectivity index (χ3v) is 2.95. The number of benzene rings is 1. The molecule has 1 aliphatic heterocycles. The van der Waals surface area contributed by atoms with Crippen LogP contribution in [0, 0.1) is 11.3 Å². The molecule has 0 radical (unpaired) electrons. The molecule has 1 N–H and O–H groups in total. The maximum Gasteiger partial charge on any atom is 0.304 e. The Bertz CT molecular complexity index is 524. The van der Waals surface area contributed by atoms with Crippen LogP contribution < -0.4 is 9.47 Å². The summed E-state index contributed by atoms with van der Waals surface area (Å²) in [6.45, 7) is 0.493. The lowest BCUT2D eigenvalue weighted by atomic mass is 10.1. The summed E-state index contributed by atoms with van der Waals surface area (Å²) in [4.78, 5) is 12.3. The second-order valence-corrected chi connectivity index (χ2v) is 4.27. The second-order valence-electron chi connectivity index (χ2n) is 4.27. The van der Waals surface area contributed by atoms with Gasteiger partial charge in [0.15, 0.2) is 11.5 Å². The molecule has 0 amide bonds. The number of carboxylic acid groups (broad SMARTS) is 1. The van der Waals surface area contributed by atoms with Gasteiger partial charge in [-0.05, 0) is 24.7 Å². The van der Waals surface area contributed by atoms with E-state index >= 15 is 0 Å². The summed E-state index contributed by atoms with van der Waals surface area (Å²) in [6.07, 6.45) is -0.000762. The van der Waals surface area contributed by atoms with Crippen molar-refractivity contribution in [3.8, 4) is 17.6 Å². The van der Waals surface area contributed by atoms with Crippen LogP contribution >= 0.6 is 0 Å². The molecule has 0 fully saturated rings. The summed E-state index contributed by atoms with van der Waals surface area (Å²) in [5.74, 6) is 0.396. The number of carboxylic acids is 1. The molecule has 0 bridgehead atoms. The molecule has 0 aromatic heterocycles. The Morgan fingerprint density at radius 3 is 2.95 bits per heavy atom. The summed E-state index contributed by atoms with van der Waals surface area (Å²) < 4.78 is 10.5. The van der Waals surface area contributed by atoms with Crippen LogP contribution in [-0.4, -0.2) is 36.4 Å². The van der Waals surface area contributed by atoms with Crippen molar-refractivity contribution in [2.24, 2.45) is 0 Å². The summed E-state index contributed by atoms with van der Waals surface area (Å²) >= 11 is 0. The van der Waals surface area contributed by atoms with Crippen LogP contribution in [0.3, 0.4) is 0 Å². The monoisotopic (exact) mass is 262 g/mol. The Morgan fingerprint density at radius 2 is 2.26 bits per heavy atom. The standard InChI is InChI=1S/C13H14N2O4/c1-15(5-4-13(16)17)10(7-14)9-2-3-11-12(6-9)19-8-18-11/h2-3,6,10H,4-5,8H2,1H3,(H,16,17). The maximum absolute atomic E-state index is 10.6. The van der Waals surface area contributed by atoms with Gasteiger partial charge >= 0.3 is 5.97 Å². The molecule has 0 spiro atoms. The van der Waals surface area contributed by atoms with E-state index in [1.54, 1.807) is 30.1 Å². The van der Waals surface area contributed by atoms with Gasteiger partial charge in [-0.3, -0.25) is 9.69 Å². The highest BCUT2D eigenvalue weighted by Gasteiger charge is 2.21. The lowest BCUT2D eigenvalue weighted by molar-refractivity contribution is -0.137. The van der Waals surface area contributed by atoms with Crippen LogP contribution in [0.25, 0.3) is 0 Å². The highest BCUT2D eigenvalue weighted by Crippen LogP contribution is 2.35. The molecule has 6 heteroatoms. The van der Waals surface area contributed by atoms with E-state index in [1.807, 2.05) is 0 Å². The Morgan fingerprint density at radius 1 is 1.53 bits per heavy atom. The fraction of sp³-hybridized carbons (Fsp3) is 0.385. The van der Waals surface area contributed by atoms with E-state index in [0.717, 1.165) is 5.56 Å². The summed E-state index contributed by atoms with van der Waals surface area (Å²) in [7, 11) is 1.72. The Balaban J connectivity index is 2.13. The Hall–Kier alpha value is -2.26. The van der Waals surface area contributed by atoms with E-state index in [9.17, 15) is 10.1 Å². The first-order chi connectivity index (χ1) is 9.11. The number of hydrogen-bond acceptors (Lipinski definition) is 5. The van der Waals surface area contributed by atoms with Gasteiger partial charge in [0.2, 0.25) is 6.79 Å². The molecule has 100 valence electrons. The molecule has 1 unspecified atom stereocenters. The predicted molar refractivity (Wildman–Crippen MR) is 65.8 cm³/mol. The van der Waals surface area contributed by atoms with Crippen molar-refractivity contribution in [2.45, 2.75) is 12.5 Å². The van der Waals surface area contributed by atoms with Gasteiger partial charge in [0.05, 0.1) is 12.5 Å². The molecule has 1 aliphatic rings. The van der Waals surface area contributed by atoms with Crippen LogP contribution in [-0.2, 0) is 4.79 Å². The molecule has 6 nitrogen and oxygen atoms in total. The summed E-state index contributed by atoms with van der Waals surface area (Å²) in [5.41, 5.74) is 0.764. The molecule has 1 aromatic rings. The molecule has 0 aliphatic carbocycles. The molecule has 19 heavy (non-hydrogen) atoms. The number of nitriles is 1.